The Bertz CT molecular complexity index is 330. The van der Waals surface area contributed by atoms with Crippen LogP contribution in [0.25, 0.3) is 0 Å². The molecule has 1 aromatic heterocycles. The average molecular weight is 222 g/mol. The van der Waals surface area contributed by atoms with Crippen molar-refractivity contribution in [2.45, 2.75) is 25.4 Å². The zero-order valence-corrected chi connectivity index (χ0v) is 9.59. The van der Waals surface area contributed by atoms with E-state index in [-0.39, 0.29) is 5.91 Å². The van der Waals surface area contributed by atoms with Crippen LogP contribution in [-0.2, 0) is 11.3 Å². The van der Waals surface area contributed by atoms with Crippen LogP contribution in [0.5, 0.6) is 0 Å². The van der Waals surface area contributed by atoms with Gasteiger partial charge in [0.1, 0.15) is 6.54 Å². The Balaban J connectivity index is 1.88. The number of rotatable bonds is 3. The number of amides is 1. The Morgan fingerprint density at radius 1 is 1.69 bits per heavy atom. The summed E-state index contributed by atoms with van der Waals surface area (Å²) in [7, 11) is 1.88. The first-order chi connectivity index (χ1) is 7.77. The molecule has 5 nitrogen and oxygen atoms in total. The second-order valence-corrected chi connectivity index (χ2v) is 4.21. The maximum atomic E-state index is 11.9. The van der Waals surface area contributed by atoms with Crippen molar-refractivity contribution < 1.29 is 4.79 Å². The SMILES string of the molecule is CN(C(=O)Cn1cccn1)C1CCCNC1. The van der Waals surface area contributed by atoms with Crippen LogP contribution in [-0.4, -0.2) is 46.8 Å². The summed E-state index contributed by atoms with van der Waals surface area (Å²) in [5.41, 5.74) is 0. The molecule has 0 radical (unpaired) electrons. The molecule has 0 spiro atoms. The number of aromatic nitrogens is 2. The van der Waals surface area contributed by atoms with Crippen molar-refractivity contribution in [1.82, 2.24) is 20.0 Å². The van der Waals surface area contributed by atoms with Crippen molar-refractivity contribution in [3.63, 3.8) is 0 Å². The molecular weight excluding hydrogens is 204 g/mol. The average Bonchev–Trinajstić information content (AvgIpc) is 2.82. The fourth-order valence-electron chi connectivity index (χ4n) is 2.01. The summed E-state index contributed by atoms with van der Waals surface area (Å²) in [4.78, 5) is 13.8. The topological polar surface area (TPSA) is 50.2 Å². The van der Waals surface area contributed by atoms with E-state index in [9.17, 15) is 4.79 Å². The second kappa shape index (κ2) is 5.12. The minimum atomic E-state index is 0.123. The Labute approximate surface area is 95.4 Å². The lowest BCUT2D eigenvalue weighted by atomic mass is 10.1. The van der Waals surface area contributed by atoms with Gasteiger partial charge in [-0.2, -0.15) is 5.10 Å². The molecule has 1 saturated heterocycles. The smallest absolute Gasteiger partial charge is 0.244 e. The van der Waals surface area contributed by atoms with E-state index < -0.39 is 0 Å². The van der Waals surface area contributed by atoms with E-state index in [4.69, 9.17) is 0 Å². The molecular formula is C11H18N4O. The van der Waals surface area contributed by atoms with Crippen molar-refractivity contribution in [2.75, 3.05) is 20.1 Å². The second-order valence-electron chi connectivity index (χ2n) is 4.21. The number of piperidine rings is 1. The molecule has 0 aromatic carbocycles. The summed E-state index contributed by atoms with van der Waals surface area (Å²) in [5, 5.41) is 7.35. The largest absolute Gasteiger partial charge is 0.340 e. The highest BCUT2D eigenvalue weighted by molar-refractivity contribution is 5.76. The zero-order valence-electron chi connectivity index (χ0n) is 9.59. The van der Waals surface area contributed by atoms with Gasteiger partial charge in [-0.1, -0.05) is 0 Å². The first-order valence-electron chi connectivity index (χ1n) is 5.71. The molecule has 2 rings (SSSR count). The molecule has 1 unspecified atom stereocenters. The van der Waals surface area contributed by atoms with Crippen molar-refractivity contribution in [2.24, 2.45) is 0 Å². The van der Waals surface area contributed by atoms with Crippen molar-refractivity contribution in [3.8, 4) is 0 Å². The number of hydrogen-bond acceptors (Lipinski definition) is 3. The molecule has 1 aromatic rings. The standard InChI is InChI=1S/C11H18N4O/c1-14(10-4-2-5-12-8-10)11(16)9-15-7-3-6-13-15/h3,6-7,10,12H,2,4-5,8-9H2,1H3. The van der Waals surface area contributed by atoms with E-state index in [0.29, 0.717) is 12.6 Å². The highest BCUT2D eigenvalue weighted by Gasteiger charge is 2.21. The Morgan fingerprint density at radius 2 is 2.56 bits per heavy atom. The molecule has 1 atom stereocenters. The Hall–Kier alpha value is -1.36. The molecule has 1 amide bonds. The Morgan fingerprint density at radius 3 is 3.19 bits per heavy atom. The van der Waals surface area contributed by atoms with Gasteiger partial charge >= 0.3 is 0 Å². The lowest BCUT2D eigenvalue weighted by molar-refractivity contribution is -0.133. The van der Waals surface area contributed by atoms with E-state index in [0.717, 1.165) is 25.9 Å². The monoisotopic (exact) mass is 222 g/mol. The maximum absolute atomic E-state index is 11.9. The third kappa shape index (κ3) is 2.61. The molecule has 0 saturated carbocycles. The lowest BCUT2D eigenvalue weighted by Gasteiger charge is -2.31. The van der Waals surface area contributed by atoms with Crippen LogP contribution in [0, 0.1) is 0 Å². The normalized spacial score (nSPS) is 20.7. The van der Waals surface area contributed by atoms with Gasteiger partial charge in [-0.3, -0.25) is 9.48 Å². The van der Waals surface area contributed by atoms with Crippen molar-refractivity contribution in [1.29, 1.82) is 0 Å². The van der Waals surface area contributed by atoms with Gasteiger partial charge in [0.15, 0.2) is 0 Å². The van der Waals surface area contributed by atoms with Crippen LogP contribution in [0.2, 0.25) is 0 Å². The molecule has 88 valence electrons. The van der Waals surface area contributed by atoms with Gasteiger partial charge in [-0.05, 0) is 25.5 Å². The number of carbonyl (C=O) groups is 1. The van der Waals surface area contributed by atoms with Crippen LogP contribution in [0.15, 0.2) is 18.5 Å². The van der Waals surface area contributed by atoms with E-state index in [1.54, 1.807) is 10.9 Å². The zero-order chi connectivity index (χ0) is 11.4. The number of nitrogens with one attached hydrogen (secondary N) is 1. The summed E-state index contributed by atoms with van der Waals surface area (Å²) in [6.07, 6.45) is 5.73. The number of nitrogens with zero attached hydrogens (tertiary/aromatic N) is 3. The molecule has 5 heteroatoms. The highest BCUT2D eigenvalue weighted by atomic mass is 16.2. The molecule has 0 bridgehead atoms. The highest BCUT2D eigenvalue weighted by Crippen LogP contribution is 2.08. The third-order valence-corrected chi connectivity index (χ3v) is 3.07. The van der Waals surface area contributed by atoms with Gasteiger partial charge in [-0.15, -0.1) is 0 Å². The predicted octanol–water partition coefficient (Wildman–Crippen LogP) is 0.0935. The van der Waals surface area contributed by atoms with Crippen molar-refractivity contribution >= 4 is 5.91 Å². The number of likely N-dealkylation sites (N-methyl/N-ethyl adjacent to an activating group) is 1. The third-order valence-electron chi connectivity index (χ3n) is 3.07. The van der Waals surface area contributed by atoms with Crippen LogP contribution in [0.3, 0.4) is 0 Å². The van der Waals surface area contributed by atoms with E-state index in [2.05, 4.69) is 10.4 Å². The van der Waals surface area contributed by atoms with E-state index in [1.165, 1.54) is 0 Å². The van der Waals surface area contributed by atoms with Gasteiger partial charge in [0.05, 0.1) is 0 Å². The Kier molecular flexibility index (Phi) is 3.56. The minimum Gasteiger partial charge on any atom is -0.340 e. The summed E-state index contributed by atoms with van der Waals surface area (Å²) in [6.45, 7) is 2.30. The van der Waals surface area contributed by atoms with E-state index in [1.807, 2.05) is 24.2 Å². The van der Waals surface area contributed by atoms with Crippen LogP contribution >= 0.6 is 0 Å². The van der Waals surface area contributed by atoms with Gasteiger partial charge in [0.2, 0.25) is 5.91 Å². The molecule has 1 aliphatic rings. The van der Waals surface area contributed by atoms with Gasteiger partial charge < -0.3 is 10.2 Å². The molecule has 1 N–H and O–H groups in total. The molecule has 1 aliphatic heterocycles. The predicted molar refractivity (Wildman–Crippen MR) is 60.9 cm³/mol. The first-order valence-corrected chi connectivity index (χ1v) is 5.71. The number of carbonyl (C=O) groups excluding carboxylic acids is 1. The van der Waals surface area contributed by atoms with E-state index >= 15 is 0 Å². The summed E-state index contributed by atoms with van der Waals surface area (Å²) < 4.78 is 1.66. The van der Waals surface area contributed by atoms with Crippen LogP contribution in [0.1, 0.15) is 12.8 Å². The van der Waals surface area contributed by atoms with Gasteiger partial charge in [0, 0.05) is 32.0 Å². The molecule has 0 aliphatic carbocycles. The fourth-order valence-corrected chi connectivity index (χ4v) is 2.01. The van der Waals surface area contributed by atoms with Crippen molar-refractivity contribution in [3.05, 3.63) is 18.5 Å². The molecule has 16 heavy (non-hydrogen) atoms. The maximum Gasteiger partial charge on any atom is 0.244 e. The molecule has 2 heterocycles. The summed E-state index contributed by atoms with van der Waals surface area (Å²) >= 11 is 0. The fraction of sp³-hybridized carbons (Fsp3) is 0.636. The number of hydrogen-bond donors (Lipinski definition) is 1. The minimum absolute atomic E-state index is 0.123. The van der Waals surface area contributed by atoms with Crippen LogP contribution in [0.4, 0.5) is 0 Å². The quantitative estimate of drug-likeness (QED) is 0.788. The summed E-state index contributed by atoms with van der Waals surface area (Å²) in [6, 6.07) is 2.16. The summed E-state index contributed by atoms with van der Waals surface area (Å²) in [5.74, 6) is 0.123. The molecule has 1 fully saturated rings. The van der Waals surface area contributed by atoms with Gasteiger partial charge in [0.25, 0.3) is 0 Å². The lowest BCUT2D eigenvalue weighted by Crippen LogP contribution is -2.47. The van der Waals surface area contributed by atoms with Gasteiger partial charge in [-0.25, -0.2) is 0 Å². The van der Waals surface area contributed by atoms with Crippen LogP contribution < -0.4 is 5.32 Å². The first kappa shape index (κ1) is 11.1.